The fourth-order valence-corrected chi connectivity index (χ4v) is 4.64. The molecule has 0 bridgehead atoms. The molecule has 0 spiro atoms. The second kappa shape index (κ2) is 8.32. The molecule has 0 aliphatic carbocycles. The van der Waals surface area contributed by atoms with Gasteiger partial charge in [-0.25, -0.2) is 9.97 Å². The minimum atomic E-state index is -0.957. The smallest absolute Gasteiger partial charge is 0.323 e. The van der Waals surface area contributed by atoms with Crippen LogP contribution >= 0.6 is 0 Å². The number of H-pyrrole nitrogens is 1. The van der Waals surface area contributed by atoms with Crippen molar-refractivity contribution in [1.82, 2.24) is 24.5 Å². The van der Waals surface area contributed by atoms with Gasteiger partial charge in [0, 0.05) is 54.5 Å². The molecule has 10 heteroatoms. The molecule has 3 N–H and O–H groups in total. The maximum Gasteiger partial charge on any atom is 0.323 e. The monoisotopic (exact) mass is 469 g/mol. The molecule has 1 saturated heterocycles. The average Bonchev–Trinajstić information content (AvgIpc) is 3.51. The van der Waals surface area contributed by atoms with Crippen molar-refractivity contribution in [3.8, 4) is 17.0 Å². The molecule has 0 amide bonds. The molecule has 1 aliphatic rings. The van der Waals surface area contributed by atoms with Crippen LogP contribution in [-0.4, -0.2) is 66.9 Å². The third-order valence-corrected chi connectivity index (χ3v) is 6.39. The summed E-state index contributed by atoms with van der Waals surface area (Å²) in [7, 11) is 0. The number of nitrogens with one attached hydrogen (secondary N) is 1. The Morgan fingerprint density at radius 1 is 0.971 bits per heavy atom. The van der Waals surface area contributed by atoms with Crippen LogP contribution in [0.15, 0.2) is 61.1 Å². The summed E-state index contributed by atoms with van der Waals surface area (Å²) in [5.41, 5.74) is 4.72. The summed E-state index contributed by atoms with van der Waals surface area (Å²) >= 11 is 0. The van der Waals surface area contributed by atoms with E-state index in [1.165, 1.54) is 6.33 Å². The number of aromatic amines is 1. The zero-order valence-corrected chi connectivity index (χ0v) is 18.8. The first-order valence-corrected chi connectivity index (χ1v) is 11.4. The maximum atomic E-state index is 11.5. The molecule has 0 unspecified atom stereocenters. The summed E-state index contributed by atoms with van der Waals surface area (Å²) in [5, 5.41) is 20.0. The molecule has 1 fully saturated rings. The van der Waals surface area contributed by atoms with Gasteiger partial charge in [0.1, 0.15) is 23.5 Å². The zero-order valence-electron chi connectivity index (χ0n) is 18.8. The van der Waals surface area contributed by atoms with E-state index in [-0.39, 0.29) is 12.3 Å². The molecular weight excluding hydrogens is 446 g/mol. The molecule has 2 aromatic carbocycles. The zero-order chi connectivity index (χ0) is 23.9. The number of aromatic nitrogens is 5. The molecule has 176 valence electrons. The van der Waals surface area contributed by atoms with Gasteiger partial charge in [0.15, 0.2) is 5.65 Å². The number of carboxylic acids is 1. The second-order valence-corrected chi connectivity index (χ2v) is 8.55. The Kier molecular flexibility index (Phi) is 4.98. The van der Waals surface area contributed by atoms with Crippen LogP contribution in [0.5, 0.6) is 5.75 Å². The van der Waals surface area contributed by atoms with Gasteiger partial charge in [-0.3, -0.25) is 4.79 Å². The number of carbonyl (C=O) groups is 1. The van der Waals surface area contributed by atoms with Crippen LogP contribution in [-0.2, 0) is 11.3 Å². The predicted molar refractivity (Wildman–Crippen MR) is 133 cm³/mol. The summed E-state index contributed by atoms with van der Waals surface area (Å²) in [5.74, 6) is -0.157. The van der Waals surface area contributed by atoms with Crippen LogP contribution < -0.4 is 9.80 Å². The van der Waals surface area contributed by atoms with E-state index in [1.807, 2.05) is 42.6 Å². The number of aliphatic carboxylic acids is 1. The number of nitrogens with zero attached hydrogens (tertiary/aromatic N) is 6. The maximum absolute atomic E-state index is 11.5. The van der Waals surface area contributed by atoms with Gasteiger partial charge < -0.3 is 29.6 Å². The highest BCUT2D eigenvalue weighted by Gasteiger charge is 2.24. The lowest BCUT2D eigenvalue weighted by Crippen LogP contribution is -2.47. The largest absolute Gasteiger partial charge is 0.508 e. The highest BCUT2D eigenvalue weighted by molar-refractivity contribution is 6.00. The van der Waals surface area contributed by atoms with Gasteiger partial charge in [-0.05, 0) is 36.4 Å². The fraction of sp³-hybridized carbons (Fsp3) is 0.200. The summed E-state index contributed by atoms with van der Waals surface area (Å²) < 4.78 is 1.55. The van der Waals surface area contributed by atoms with E-state index < -0.39 is 5.97 Å². The standard InChI is InChI=1S/C25H23N7O3/c33-17-6-4-16(5-7-17)30-10-12-31(13-11-30)25-28-22(19-2-1-3-20-18(19)8-9-26-20)23-24(29-25)32(15-27-23)14-21(34)35/h1-9,15,26,33H,10-14H2,(H,34,35). The molecule has 5 aromatic rings. The van der Waals surface area contributed by atoms with Crippen molar-refractivity contribution in [3.63, 3.8) is 0 Å². The van der Waals surface area contributed by atoms with Crippen LogP contribution in [0.25, 0.3) is 33.3 Å². The van der Waals surface area contributed by atoms with Crippen molar-refractivity contribution in [1.29, 1.82) is 0 Å². The summed E-state index contributed by atoms with van der Waals surface area (Å²) in [6.07, 6.45) is 3.40. The summed E-state index contributed by atoms with van der Waals surface area (Å²) in [4.78, 5) is 33.3. The van der Waals surface area contributed by atoms with Crippen LogP contribution in [0, 0.1) is 0 Å². The molecule has 0 atom stereocenters. The van der Waals surface area contributed by atoms with E-state index in [0.717, 1.165) is 35.2 Å². The number of phenols is 1. The van der Waals surface area contributed by atoms with Crippen molar-refractivity contribution in [2.75, 3.05) is 36.0 Å². The summed E-state index contributed by atoms with van der Waals surface area (Å²) in [6, 6.07) is 15.2. The highest BCUT2D eigenvalue weighted by Crippen LogP contribution is 2.33. The topological polar surface area (TPSA) is 123 Å². The SMILES string of the molecule is O=C(O)Cn1cnc2c(-c3cccc4[nH]ccc34)nc(N3CCN(c4ccc(O)cc4)CC3)nc21. The lowest BCUT2D eigenvalue weighted by Gasteiger charge is -2.36. The van der Waals surface area contributed by atoms with Crippen LogP contribution in [0.4, 0.5) is 11.6 Å². The number of phenolic OH excluding ortho intramolecular Hbond substituents is 1. The number of anilines is 2. The average molecular weight is 470 g/mol. The number of carboxylic acid groups (broad SMARTS) is 1. The number of aromatic hydroxyl groups is 1. The van der Waals surface area contributed by atoms with E-state index in [0.29, 0.717) is 35.9 Å². The van der Waals surface area contributed by atoms with Crippen molar-refractivity contribution in [2.24, 2.45) is 0 Å². The molecule has 1 aliphatic heterocycles. The molecule has 0 radical (unpaired) electrons. The van der Waals surface area contributed by atoms with Gasteiger partial charge in [-0.1, -0.05) is 12.1 Å². The Hall–Kier alpha value is -4.60. The number of hydrogen-bond donors (Lipinski definition) is 3. The Morgan fingerprint density at radius 3 is 2.51 bits per heavy atom. The van der Waals surface area contributed by atoms with E-state index >= 15 is 0 Å². The van der Waals surface area contributed by atoms with E-state index in [1.54, 1.807) is 16.7 Å². The molecular formula is C25H23N7O3. The normalized spacial score (nSPS) is 14.2. The minimum Gasteiger partial charge on any atom is -0.508 e. The number of rotatable bonds is 5. The minimum absolute atomic E-state index is 0.227. The van der Waals surface area contributed by atoms with Gasteiger partial charge >= 0.3 is 5.97 Å². The van der Waals surface area contributed by atoms with Crippen molar-refractivity contribution >= 4 is 39.7 Å². The van der Waals surface area contributed by atoms with Crippen LogP contribution in [0.3, 0.4) is 0 Å². The van der Waals surface area contributed by atoms with Gasteiger partial charge in [-0.2, -0.15) is 4.98 Å². The molecule has 3 aromatic heterocycles. The quantitative estimate of drug-likeness (QED) is 0.359. The molecule has 6 rings (SSSR count). The van der Waals surface area contributed by atoms with E-state index in [9.17, 15) is 15.0 Å². The van der Waals surface area contributed by atoms with Gasteiger partial charge in [0.25, 0.3) is 0 Å². The number of benzene rings is 2. The number of hydrogen-bond acceptors (Lipinski definition) is 7. The highest BCUT2D eigenvalue weighted by atomic mass is 16.4. The third kappa shape index (κ3) is 3.78. The first-order chi connectivity index (χ1) is 17.1. The van der Waals surface area contributed by atoms with Crippen LogP contribution in [0.1, 0.15) is 0 Å². The number of imidazole rings is 1. The van der Waals surface area contributed by atoms with E-state index in [2.05, 4.69) is 19.8 Å². The van der Waals surface area contributed by atoms with Gasteiger partial charge in [0.05, 0.1) is 6.33 Å². The number of piperazine rings is 1. The molecule has 4 heterocycles. The van der Waals surface area contributed by atoms with Crippen molar-refractivity contribution in [3.05, 3.63) is 61.1 Å². The first kappa shape index (κ1) is 21.0. The Bertz CT molecular complexity index is 1530. The lowest BCUT2D eigenvalue weighted by molar-refractivity contribution is -0.137. The Labute approximate surface area is 200 Å². The van der Waals surface area contributed by atoms with Crippen molar-refractivity contribution < 1.29 is 15.0 Å². The van der Waals surface area contributed by atoms with E-state index in [4.69, 9.17) is 9.97 Å². The van der Waals surface area contributed by atoms with Crippen LogP contribution in [0.2, 0.25) is 0 Å². The van der Waals surface area contributed by atoms with Crippen molar-refractivity contribution in [2.45, 2.75) is 6.54 Å². The fourth-order valence-electron chi connectivity index (χ4n) is 4.64. The lowest BCUT2D eigenvalue weighted by atomic mass is 10.1. The predicted octanol–water partition coefficient (Wildman–Crippen LogP) is 3.09. The molecule has 0 saturated carbocycles. The van der Waals surface area contributed by atoms with Gasteiger partial charge in [-0.15, -0.1) is 0 Å². The molecule has 10 nitrogen and oxygen atoms in total. The Morgan fingerprint density at radius 2 is 1.74 bits per heavy atom. The second-order valence-electron chi connectivity index (χ2n) is 8.55. The first-order valence-electron chi connectivity index (χ1n) is 11.4. The third-order valence-electron chi connectivity index (χ3n) is 6.39. The molecule has 35 heavy (non-hydrogen) atoms. The number of fused-ring (bicyclic) bond motifs is 2. The summed E-state index contributed by atoms with van der Waals surface area (Å²) in [6.45, 7) is 2.71. The Balaban J connectivity index is 1.40. The van der Waals surface area contributed by atoms with Gasteiger partial charge in [0.2, 0.25) is 5.95 Å².